The van der Waals surface area contributed by atoms with Crippen LogP contribution in [0, 0.1) is 0 Å². The van der Waals surface area contributed by atoms with E-state index < -0.39 is 6.10 Å². The highest BCUT2D eigenvalue weighted by atomic mass is 32.1. The van der Waals surface area contributed by atoms with E-state index in [1.54, 1.807) is 18.3 Å². The van der Waals surface area contributed by atoms with Gasteiger partial charge in [0, 0.05) is 17.4 Å². The molecule has 0 amide bonds. The molecule has 0 bridgehead atoms. The molecule has 1 atom stereocenters. The number of thiophene rings is 1. The van der Waals surface area contributed by atoms with Crippen LogP contribution >= 0.6 is 11.3 Å². The average Bonchev–Trinajstić information content (AvgIpc) is 3.00. The molecule has 1 heterocycles. The Hall–Kier alpha value is -1.84. The molecule has 0 saturated carbocycles. The predicted molar refractivity (Wildman–Crippen MR) is 88.1 cm³/mol. The van der Waals surface area contributed by atoms with Gasteiger partial charge in [-0.05, 0) is 34.7 Å². The minimum atomic E-state index is -0.536. The zero-order chi connectivity index (χ0) is 14.7. The molecule has 3 heteroatoms. The summed E-state index contributed by atoms with van der Waals surface area (Å²) in [7, 11) is 0. The lowest BCUT2D eigenvalue weighted by Crippen LogP contribution is -2.05. The molecular weight excluding hydrogens is 280 g/mol. The van der Waals surface area contributed by atoms with Crippen molar-refractivity contribution in [3.63, 3.8) is 0 Å². The first-order valence-corrected chi connectivity index (χ1v) is 8.03. The van der Waals surface area contributed by atoms with Gasteiger partial charge in [0.2, 0.25) is 0 Å². The third-order valence-corrected chi connectivity index (χ3v) is 4.31. The van der Waals surface area contributed by atoms with Crippen molar-refractivity contribution in [1.82, 2.24) is 0 Å². The number of hydrogen-bond donors (Lipinski definition) is 1. The fourth-order valence-electron chi connectivity index (χ4n) is 2.46. The molecule has 0 fully saturated rings. The Balaban J connectivity index is 1.89. The Kier molecular flexibility index (Phi) is 4.23. The zero-order valence-electron chi connectivity index (χ0n) is 12.0. The quantitative estimate of drug-likeness (QED) is 0.747. The highest BCUT2D eigenvalue weighted by Crippen LogP contribution is 2.33. The second-order valence-corrected chi connectivity index (χ2v) is 5.89. The van der Waals surface area contributed by atoms with E-state index in [-0.39, 0.29) is 0 Å². The van der Waals surface area contributed by atoms with Crippen molar-refractivity contribution in [2.75, 3.05) is 6.61 Å². The van der Waals surface area contributed by atoms with Crippen LogP contribution in [0.3, 0.4) is 0 Å². The van der Waals surface area contributed by atoms with E-state index in [0.29, 0.717) is 6.61 Å². The fraction of sp³-hybridized carbons (Fsp3) is 0.222. The lowest BCUT2D eigenvalue weighted by atomic mass is 10.0. The molecule has 0 saturated heterocycles. The first kappa shape index (κ1) is 14.1. The number of benzene rings is 2. The van der Waals surface area contributed by atoms with Gasteiger partial charge in [-0.25, -0.2) is 0 Å². The number of fused-ring (bicyclic) bond motifs is 1. The van der Waals surface area contributed by atoms with Crippen LogP contribution < -0.4 is 4.74 Å². The van der Waals surface area contributed by atoms with Crippen molar-refractivity contribution >= 4 is 22.1 Å². The summed E-state index contributed by atoms with van der Waals surface area (Å²) in [6.07, 6.45) is 0.345. The minimum Gasteiger partial charge on any atom is -0.492 e. The Morgan fingerprint density at radius 3 is 2.76 bits per heavy atom. The predicted octanol–water partition coefficient (Wildman–Crippen LogP) is 4.58. The molecule has 3 rings (SSSR count). The normalized spacial score (nSPS) is 12.5. The SMILES string of the molecule is CC(O)c1ccc2ccccc2c1OCCc1ccsc1. The molecule has 0 radical (unpaired) electrons. The van der Waals surface area contributed by atoms with Crippen molar-refractivity contribution in [2.45, 2.75) is 19.4 Å². The van der Waals surface area contributed by atoms with E-state index in [0.717, 1.165) is 28.5 Å². The van der Waals surface area contributed by atoms with E-state index >= 15 is 0 Å². The van der Waals surface area contributed by atoms with Gasteiger partial charge in [0.1, 0.15) is 5.75 Å². The smallest absolute Gasteiger partial charge is 0.132 e. The number of ether oxygens (including phenoxy) is 1. The molecule has 2 nitrogen and oxygen atoms in total. The Morgan fingerprint density at radius 2 is 2.00 bits per heavy atom. The average molecular weight is 298 g/mol. The van der Waals surface area contributed by atoms with Crippen LogP contribution in [0.4, 0.5) is 0 Å². The van der Waals surface area contributed by atoms with Gasteiger partial charge in [-0.2, -0.15) is 11.3 Å². The third kappa shape index (κ3) is 3.09. The Morgan fingerprint density at radius 1 is 1.14 bits per heavy atom. The first-order valence-electron chi connectivity index (χ1n) is 7.09. The minimum absolute atomic E-state index is 0.536. The maximum absolute atomic E-state index is 9.97. The molecule has 1 unspecified atom stereocenters. The van der Waals surface area contributed by atoms with Gasteiger partial charge in [0.05, 0.1) is 12.7 Å². The standard InChI is InChI=1S/C18H18O2S/c1-13(19)16-7-6-15-4-2-3-5-17(15)18(16)20-10-8-14-9-11-21-12-14/h2-7,9,11-13,19H,8,10H2,1H3. The van der Waals surface area contributed by atoms with Crippen molar-refractivity contribution in [3.8, 4) is 5.75 Å². The molecule has 0 aliphatic rings. The van der Waals surface area contributed by atoms with Crippen LogP contribution in [-0.2, 0) is 6.42 Å². The number of aliphatic hydroxyl groups is 1. The Labute approximate surface area is 128 Å². The summed E-state index contributed by atoms with van der Waals surface area (Å²) in [6, 6.07) is 14.2. The highest BCUT2D eigenvalue weighted by molar-refractivity contribution is 7.07. The van der Waals surface area contributed by atoms with Gasteiger partial charge in [0.25, 0.3) is 0 Å². The topological polar surface area (TPSA) is 29.5 Å². The lowest BCUT2D eigenvalue weighted by Gasteiger charge is -2.16. The highest BCUT2D eigenvalue weighted by Gasteiger charge is 2.13. The Bertz CT molecular complexity index is 717. The second-order valence-electron chi connectivity index (χ2n) is 5.11. The van der Waals surface area contributed by atoms with Crippen LogP contribution in [0.5, 0.6) is 5.75 Å². The van der Waals surface area contributed by atoms with Gasteiger partial charge >= 0.3 is 0 Å². The van der Waals surface area contributed by atoms with Gasteiger partial charge in [-0.3, -0.25) is 0 Å². The molecule has 0 aliphatic carbocycles. The van der Waals surface area contributed by atoms with Gasteiger partial charge in [0.15, 0.2) is 0 Å². The number of hydrogen-bond acceptors (Lipinski definition) is 3. The summed E-state index contributed by atoms with van der Waals surface area (Å²) in [5.41, 5.74) is 2.14. The summed E-state index contributed by atoms with van der Waals surface area (Å²) in [6.45, 7) is 2.39. The lowest BCUT2D eigenvalue weighted by molar-refractivity contribution is 0.192. The van der Waals surface area contributed by atoms with Crippen LogP contribution in [0.25, 0.3) is 10.8 Å². The second kappa shape index (κ2) is 6.29. The largest absolute Gasteiger partial charge is 0.492 e. The molecule has 21 heavy (non-hydrogen) atoms. The molecule has 108 valence electrons. The van der Waals surface area contributed by atoms with E-state index in [4.69, 9.17) is 4.74 Å². The molecule has 1 aromatic heterocycles. The van der Waals surface area contributed by atoms with Gasteiger partial charge in [-0.15, -0.1) is 0 Å². The monoisotopic (exact) mass is 298 g/mol. The van der Waals surface area contributed by atoms with Crippen molar-refractivity contribution in [3.05, 3.63) is 64.4 Å². The third-order valence-electron chi connectivity index (χ3n) is 3.58. The van der Waals surface area contributed by atoms with Crippen molar-refractivity contribution in [1.29, 1.82) is 0 Å². The summed E-state index contributed by atoms with van der Waals surface area (Å²) in [4.78, 5) is 0. The van der Waals surface area contributed by atoms with Crippen LogP contribution in [0.1, 0.15) is 24.2 Å². The van der Waals surface area contributed by atoms with E-state index in [1.165, 1.54) is 5.56 Å². The number of aliphatic hydroxyl groups excluding tert-OH is 1. The molecule has 3 aromatic rings. The van der Waals surface area contributed by atoms with Crippen molar-refractivity contribution in [2.24, 2.45) is 0 Å². The molecule has 0 aliphatic heterocycles. The maximum atomic E-state index is 9.97. The molecular formula is C18H18O2S. The van der Waals surface area contributed by atoms with Gasteiger partial charge in [-0.1, -0.05) is 36.4 Å². The number of rotatable bonds is 5. The fourth-order valence-corrected chi connectivity index (χ4v) is 3.16. The van der Waals surface area contributed by atoms with E-state index in [2.05, 4.69) is 22.9 Å². The first-order chi connectivity index (χ1) is 10.3. The van der Waals surface area contributed by atoms with Crippen molar-refractivity contribution < 1.29 is 9.84 Å². The summed E-state index contributed by atoms with van der Waals surface area (Å²) < 4.78 is 6.03. The molecule has 1 N–H and O–H groups in total. The summed E-state index contributed by atoms with van der Waals surface area (Å²) in [5, 5.41) is 16.4. The van der Waals surface area contributed by atoms with Gasteiger partial charge < -0.3 is 9.84 Å². The maximum Gasteiger partial charge on any atom is 0.132 e. The van der Waals surface area contributed by atoms with Crippen LogP contribution in [-0.4, -0.2) is 11.7 Å². The molecule has 2 aromatic carbocycles. The zero-order valence-corrected chi connectivity index (χ0v) is 12.8. The summed E-state index contributed by atoms with van der Waals surface area (Å²) >= 11 is 1.70. The summed E-state index contributed by atoms with van der Waals surface area (Å²) in [5.74, 6) is 0.804. The molecule has 0 spiro atoms. The van der Waals surface area contributed by atoms with E-state index in [1.807, 2.05) is 30.3 Å². The van der Waals surface area contributed by atoms with Crippen LogP contribution in [0.15, 0.2) is 53.2 Å². The van der Waals surface area contributed by atoms with Crippen LogP contribution in [0.2, 0.25) is 0 Å². The van der Waals surface area contributed by atoms with E-state index in [9.17, 15) is 5.11 Å².